The maximum atomic E-state index is 13.6. The van der Waals surface area contributed by atoms with Crippen LogP contribution in [0.15, 0.2) is 27.7 Å². The smallest absolute Gasteiger partial charge is 0.226 e. The topological polar surface area (TPSA) is 109 Å². The van der Waals surface area contributed by atoms with Gasteiger partial charge in [-0.3, -0.25) is 4.99 Å². The van der Waals surface area contributed by atoms with Gasteiger partial charge in [-0.1, -0.05) is 25.1 Å². The normalized spacial score (nSPS) is 12.4. The first-order valence-corrected chi connectivity index (χ1v) is 11.5. The van der Waals surface area contributed by atoms with Crippen LogP contribution >= 0.6 is 0 Å². The number of aryl methyl sites for hydroxylation is 1. The lowest BCUT2D eigenvalue weighted by atomic mass is 10.1. The highest BCUT2D eigenvalue weighted by atomic mass is 32.2. The molecule has 1 heterocycles. The third-order valence-electron chi connectivity index (χ3n) is 4.12. The molecule has 1 aromatic heterocycles. The van der Waals surface area contributed by atoms with Crippen LogP contribution in [-0.2, 0) is 28.6 Å². The van der Waals surface area contributed by atoms with Crippen LogP contribution in [0.25, 0.3) is 0 Å². The molecule has 0 saturated carbocycles. The molecule has 0 aliphatic rings. The number of sulfone groups is 1. The van der Waals surface area contributed by atoms with Crippen LogP contribution in [0.3, 0.4) is 0 Å². The zero-order valence-corrected chi connectivity index (χ0v) is 18.0. The minimum atomic E-state index is -3.22. The third-order valence-corrected chi connectivity index (χ3v) is 4.95. The number of guanidine groups is 1. The van der Waals surface area contributed by atoms with Crippen molar-refractivity contribution in [3.8, 4) is 0 Å². The zero-order valence-electron chi connectivity index (χ0n) is 17.2. The molecule has 0 atom stereocenters. The number of rotatable bonds is 9. The van der Waals surface area contributed by atoms with E-state index in [1.807, 2.05) is 13.8 Å². The molecule has 29 heavy (non-hydrogen) atoms. The van der Waals surface area contributed by atoms with E-state index in [0.717, 1.165) is 12.7 Å². The molecule has 1 aromatic carbocycles. The fraction of sp³-hybridized carbons (Fsp3) is 0.526. The molecule has 160 valence electrons. The Labute approximate surface area is 170 Å². The fourth-order valence-electron chi connectivity index (χ4n) is 2.63. The summed E-state index contributed by atoms with van der Waals surface area (Å²) in [6.45, 7) is 4.89. The number of benzene rings is 1. The summed E-state index contributed by atoms with van der Waals surface area (Å²) in [4.78, 5) is 8.47. The largest absolute Gasteiger partial charge is 0.356 e. The Morgan fingerprint density at radius 3 is 2.66 bits per heavy atom. The minimum absolute atomic E-state index is 0.140. The van der Waals surface area contributed by atoms with E-state index in [0.29, 0.717) is 41.8 Å². The number of halogens is 1. The van der Waals surface area contributed by atoms with Gasteiger partial charge in [0.2, 0.25) is 5.89 Å². The van der Waals surface area contributed by atoms with Gasteiger partial charge in [-0.2, -0.15) is 4.98 Å². The van der Waals surface area contributed by atoms with E-state index < -0.39 is 15.7 Å². The summed E-state index contributed by atoms with van der Waals surface area (Å²) in [7, 11) is -1.59. The van der Waals surface area contributed by atoms with Gasteiger partial charge in [-0.25, -0.2) is 12.8 Å². The standard InChI is InChI=1S/C19H28FN5O3S/c1-13(2)18-24-17(28-25-18)6-5-9-22-19(21-3)23-11-15-10-16(20)8-7-14(15)12-29(4,26)27/h7-8,10,13H,5-6,9,11-12H2,1-4H3,(H2,21,22,23). The van der Waals surface area contributed by atoms with Crippen molar-refractivity contribution in [2.24, 2.45) is 4.99 Å². The Hall–Kier alpha value is -2.49. The fourth-order valence-corrected chi connectivity index (χ4v) is 3.48. The van der Waals surface area contributed by atoms with Gasteiger partial charge in [0.05, 0.1) is 5.75 Å². The SMILES string of the molecule is CN=C(NCCCc1nc(C(C)C)no1)NCc1cc(F)ccc1CS(C)(=O)=O. The maximum Gasteiger partial charge on any atom is 0.226 e. The molecule has 8 nitrogen and oxygen atoms in total. The van der Waals surface area contributed by atoms with Gasteiger partial charge in [0.1, 0.15) is 5.82 Å². The predicted molar refractivity (Wildman–Crippen MR) is 110 cm³/mol. The van der Waals surface area contributed by atoms with Gasteiger partial charge in [0.15, 0.2) is 21.6 Å². The third kappa shape index (κ3) is 7.80. The average Bonchev–Trinajstić information content (AvgIpc) is 3.11. The van der Waals surface area contributed by atoms with Gasteiger partial charge in [0.25, 0.3) is 0 Å². The molecule has 2 rings (SSSR count). The Bertz CT molecular complexity index is 941. The summed E-state index contributed by atoms with van der Waals surface area (Å²) in [6, 6.07) is 4.10. The Balaban J connectivity index is 1.85. The lowest BCUT2D eigenvalue weighted by molar-refractivity contribution is 0.368. The second kappa shape index (κ2) is 10.3. The average molecular weight is 426 g/mol. The Morgan fingerprint density at radius 1 is 1.28 bits per heavy atom. The van der Waals surface area contributed by atoms with E-state index in [1.165, 1.54) is 18.2 Å². The quantitative estimate of drug-likeness (QED) is 0.360. The molecule has 0 amide bonds. The molecular formula is C19H28FN5O3S. The highest BCUT2D eigenvalue weighted by Gasteiger charge is 2.12. The molecule has 2 N–H and O–H groups in total. The predicted octanol–water partition coefficient (Wildman–Crippen LogP) is 2.17. The van der Waals surface area contributed by atoms with E-state index >= 15 is 0 Å². The molecule has 0 aliphatic carbocycles. The van der Waals surface area contributed by atoms with Crippen LogP contribution in [0.5, 0.6) is 0 Å². The maximum absolute atomic E-state index is 13.6. The molecule has 0 spiro atoms. The summed E-state index contributed by atoms with van der Waals surface area (Å²) in [5.41, 5.74) is 1.14. The first-order valence-electron chi connectivity index (χ1n) is 9.40. The number of hydrogen-bond donors (Lipinski definition) is 2. The lowest BCUT2D eigenvalue weighted by Gasteiger charge is -2.14. The second-order valence-electron chi connectivity index (χ2n) is 7.14. The van der Waals surface area contributed by atoms with Gasteiger partial charge >= 0.3 is 0 Å². The molecule has 0 bridgehead atoms. The first-order chi connectivity index (χ1) is 13.7. The van der Waals surface area contributed by atoms with Crippen LogP contribution < -0.4 is 10.6 Å². The molecule has 0 radical (unpaired) electrons. The van der Waals surface area contributed by atoms with Crippen molar-refractivity contribution in [2.45, 2.75) is 44.9 Å². The van der Waals surface area contributed by atoms with Crippen LogP contribution in [0.4, 0.5) is 4.39 Å². The molecule has 10 heteroatoms. The van der Waals surface area contributed by atoms with Crippen molar-refractivity contribution < 1.29 is 17.3 Å². The highest BCUT2D eigenvalue weighted by molar-refractivity contribution is 7.89. The first kappa shape index (κ1) is 22.8. The van der Waals surface area contributed by atoms with Crippen molar-refractivity contribution in [3.05, 3.63) is 46.9 Å². The molecular weight excluding hydrogens is 397 g/mol. The van der Waals surface area contributed by atoms with Crippen molar-refractivity contribution in [2.75, 3.05) is 19.8 Å². The Kier molecular flexibility index (Phi) is 8.12. The Morgan fingerprint density at radius 2 is 2.03 bits per heavy atom. The summed E-state index contributed by atoms with van der Waals surface area (Å²) in [5, 5.41) is 10.2. The lowest BCUT2D eigenvalue weighted by Crippen LogP contribution is -2.37. The number of aliphatic imine (C=N–C) groups is 1. The summed E-state index contributed by atoms with van der Waals surface area (Å²) in [5.74, 6) is 1.51. The van der Waals surface area contributed by atoms with Crippen LogP contribution in [0, 0.1) is 5.82 Å². The molecule has 0 fully saturated rings. The van der Waals surface area contributed by atoms with Crippen molar-refractivity contribution in [1.29, 1.82) is 0 Å². The van der Waals surface area contributed by atoms with E-state index in [9.17, 15) is 12.8 Å². The summed E-state index contributed by atoms with van der Waals surface area (Å²) in [6.07, 6.45) is 2.56. The van der Waals surface area contributed by atoms with E-state index in [4.69, 9.17) is 4.52 Å². The van der Waals surface area contributed by atoms with E-state index in [2.05, 4.69) is 25.8 Å². The number of nitrogens with one attached hydrogen (secondary N) is 2. The van der Waals surface area contributed by atoms with E-state index in [-0.39, 0.29) is 18.2 Å². The molecule has 0 unspecified atom stereocenters. The van der Waals surface area contributed by atoms with Crippen LogP contribution in [0.2, 0.25) is 0 Å². The highest BCUT2D eigenvalue weighted by Crippen LogP contribution is 2.14. The summed E-state index contributed by atoms with van der Waals surface area (Å²) < 4.78 is 42.0. The second-order valence-corrected chi connectivity index (χ2v) is 9.28. The van der Waals surface area contributed by atoms with Gasteiger partial charge in [-0.15, -0.1) is 0 Å². The van der Waals surface area contributed by atoms with Crippen LogP contribution in [0.1, 0.15) is 49.0 Å². The number of hydrogen-bond acceptors (Lipinski definition) is 6. The molecule has 2 aromatic rings. The van der Waals surface area contributed by atoms with Crippen molar-refractivity contribution in [1.82, 2.24) is 20.8 Å². The van der Waals surface area contributed by atoms with Gasteiger partial charge in [0, 0.05) is 38.7 Å². The van der Waals surface area contributed by atoms with Crippen molar-refractivity contribution in [3.63, 3.8) is 0 Å². The number of nitrogens with zero attached hydrogens (tertiary/aromatic N) is 3. The summed E-state index contributed by atoms with van der Waals surface area (Å²) >= 11 is 0. The zero-order chi connectivity index (χ0) is 21.4. The monoisotopic (exact) mass is 425 g/mol. The van der Waals surface area contributed by atoms with Gasteiger partial charge < -0.3 is 15.2 Å². The molecule has 0 aliphatic heterocycles. The minimum Gasteiger partial charge on any atom is -0.356 e. The van der Waals surface area contributed by atoms with Crippen LogP contribution in [-0.4, -0.2) is 44.4 Å². The number of aromatic nitrogens is 2. The van der Waals surface area contributed by atoms with Gasteiger partial charge in [-0.05, 0) is 29.7 Å². The van der Waals surface area contributed by atoms with Crippen molar-refractivity contribution >= 4 is 15.8 Å². The molecule has 0 saturated heterocycles. The van der Waals surface area contributed by atoms with E-state index in [1.54, 1.807) is 7.05 Å².